The molecule has 0 saturated carbocycles. The molecular weight excluding hydrogens is 186 g/mol. The molecule has 0 heterocycles. The quantitative estimate of drug-likeness (QED) is 0.623. The molecule has 0 spiro atoms. The highest BCUT2D eigenvalue weighted by Crippen LogP contribution is 2.40. The van der Waals surface area contributed by atoms with E-state index in [0.29, 0.717) is 0 Å². The average Bonchev–Trinajstić information content (AvgIpc) is 2.30. The van der Waals surface area contributed by atoms with Gasteiger partial charge in [0.1, 0.15) is 11.6 Å². The van der Waals surface area contributed by atoms with E-state index in [1.807, 2.05) is 0 Å². The third-order valence-electron chi connectivity index (χ3n) is 2.66. The number of rotatable bonds is 0. The number of Topliss-reactive ketones (excluding diaryl/α,β-unsaturated/α-hetero) is 1. The minimum Gasteiger partial charge on any atom is -0.294 e. The maximum atomic E-state index is 13.4. The molecule has 14 heavy (non-hydrogen) atoms. The van der Waals surface area contributed by atoms with Crippen LogP contribution in [0.3, 0.4) is 0 Å². The summed E-state index contributed by atoms with van der Waals surface area (Å²) in [4.78, 5) is 11.4. The van der Waals surface area contributed by atoms with Gasteiger partial charge in [0.2, 0.25) is 0 Å². The number of benzene rings is 1. The van der Waals surface area contributed by atoms with E-state index in [9.17, 15) is 13.6 Å². The Morgan fingerprint density at radius 1 is 1.21 bits per heavy atom. The van der Waals surface area contributed by atoms with Crippen LogP contribution < -0.4 is 0 Å². The van der Waals surface area contributed by atoms with Crippen molar-refractivity contribution in [2.45, 2.75) is 25.7 Å². The van der Waals surface area contributed by atoms with Gasteiger partial charge in [-0.15, -0.1) is 0 Å². The van der Waals surface area contributed by atoms with Crippen LogP contribution >= 0.6 is 0 Å². The molecule has 0 aliphatic heterocycles. The molecule has 0 aromatic heterocycles. The van der Waals surface area contributed by atoms with Gasteiger partial charge in [0.25, 0.3) is 0 Å². The van der Waals surface area contributed by atoms with Crippen LogP contribution in [0.2, 0.25) is 0 Å². The van der Waals surface area contributed by atoms with E-state index in [1.54, 1.807) is 13.8 Å². The van der Waals surface area contributed by atoms with E-state index in [1.165, 1.54) is 0 Å². The van der Waals surface area contributed by atoms with E-state index in [4.69, 9.17) is 0 Å². The summed E-state index contributed by atoms with van der Waals surface area (Å²) in [7, 11) is 0. The molecule has 0 fully saturated rings. The van der Waals surface area contributed by atoms with Crippen molar-refractivity contribution in [1.82, 2.24) is 0 Å². The molecular formula is C11H10F2O. The fraction of sp³-hybridized carbons (Fsp3) is 0.364. The fourth-order valence-electron chi connectivity index (χ4n) is 2.06. The van der Waals surface area contributed by atoms with E-state index in [-0.39, 0.29) is 23.3 Å². The molecule has 0 unspecified atom stereocenters. The zero-order valence-corrected chi connectivity index (χ0v) is 8.03. The first-order valence-electron chi connectivity index (χ1n) is 4.45. The lowest BCUT2D eigenvalue weighted by Gasteiger charge is -2.17. The van der Waals surface area contributed by atoms with Gasteiger partial charge in [-0.25, -0.2) is 8.78 Å². The van der Waals surface area contributed by atoms with Crippen LogP contribution in [0.15, 0.2) is 12.1 Å². The van der Waals surface area contributed by atoms with Crippen LogP contribution in [0.1, 0.15) is 36.2 Å². The van der Waals surface area contributed by atoms with Crippen molar-refractivity contribution in [3.05, 3.63) is 34.9 Å². The van der Waals surface area contributed by atoms with Gasteiger partial charge in [0, 0.05) is 17.4 Å². The maximum absolute atomic E-state index is 13.4. The fourth-order valence-corrected chi connectivity index (χ4v) is 2.06. The molecule has 1 aliphatic rings. The molecule has 0 atom stereocenters. The molecule has 0 amide bonds. The average molecular weight is 196 g/mol. The molecule has 0 radical (unpaired) electrons. The number of ketones is 1. The van der Waals surface area contributed by atoms with Gasteiger partial charge in [-0.2, -0.15) is 0 Å². The van der Waals surface area contributed by atoms with Crippen molar-refractivity contribution in [2.24, 2.45) is 0 Å². The molecule has 1 aliphatic carbocycles. The lowest BCUT2D eigenvalue weighted by atomic mass is 9.86. The highest BCUT2D eigenvalue weighted by atomic mass is 19.1. The summed E-state index contributed by atoms with van der Waals surface area (Å²) >= 11 is 0. The SMILES string of the molecule is CC1(C)CC(=O)c2c(F)ccc(F)c21. The van der Waals surface area contributed by atoms with Crippen LogP contribution in [-0.4, -0.2) is 5.78 Å². The lowest BCUT2D eigenvalue weighted by Crippen LogP contribution is -2.14. The van der Waals surface area contributed by atoms with E-state index >= 15 is 0 Å². The second-order valence-corrected chi connectivity index (χ2v) is 4.26. The summed E-state index contributed by atoms with van der Waals surface area (Å²) in [6.45, 7) is 3.50. The Balaban J connectivity index is 2.80. The Morgan fingerprint density at radius 2 is 1.79 bits per heavy atom. The lowest BCUT2D eigenvalue weighted by molar-refractivity contribution is 0.0976. The van der Waals surface area contributed by atoms with Crippen molar-refractivity contribution < 1.29 is 13.6 Å². The van der Waals surface area contributed by atoms with E-state index < -0.39 is 17.0 Å². The Kier molecular flexibility index (Phi) is 1.74. The number of fused-ring (bicyclic) bond motifs is 1. The smallest absolute Gasteiger partial charge is 0.167 e. The van der Waals surface area contributed by atoms with E-state index in [0.717, 1.165) is 12.1 Å². The van der Waals surface area contributed by atoms with Gasteiger partial charge in [0.15, 0.2) is 5.78 Å². The van der Waals surface area contributed by atoms with Crippen molar-refractivity contribution in [3.63, 3.8) is 0 Å². The maximum Gasteiger partial charge on any atom is 0.167 e. The molecule has 0 N–H and O–H groups in total. The highest BCUT2D eigenvalue weighted by molar-refractivity contribution is 6.02. The van der Waals surface area contributed by atoms with Gasteiger partial charge in [0.05, 0.1) is 5.56 Å². The number of halogens is 2. The highest BCUT2D eigenvalue weighted by Gasteiger charge is 2.40. The number of carbonyl (C=O) groups is 1. The predicted molar refractivity (Wildman–Crippen MR) is 48.3 cm³/mol. The zero-order chi connectivity index (χ0) is 10.5. The van der Waals surface area contributed by atoms with Crippen molar-refractivity contribution in [2.75, 3.05) is 0 Å². The van der Waals surface area contributed by atoms with Crippen LogP contribution in [-0.2, 0) is 5.41 Å². The summed E-state index contributed by atoms with van der Waals surface area (Å²) in [5, 5.41) is 0. The third kappa shape index (κ3) is 1.08. The van der Waals surface area contributed by atoms with Crippen LogP contribution in [0.4, 0.5) is 8.78 Å². The van der Waals surface area contributed by atoms with Gasteiger partial charge >= 0.3 is 0 Å². The van der Waals surface area contributed by atoms with Crippen LogP contribution in [0, 0.1) is 11.6 Å². The minimum absolute atomic E-state index is 0.0602. The first-order valence-corrected chi connectivity index (χ1v) is 4.45. The number of hydrogen-bond acceptors (Lipinski definition) is 1. The monoisotopic (exact) mass is 196 g/mol. The molecule has 74 valence electrons. The minimum atomic E-state index is -0.614. The molecule has 1 aromatic rings. The second kappa shape index (κ2) is 2.62. The Labute approximate surface area is 80.7 Å². The predicted octanol–water partition coefficient (Wildman–Crippen LogP) is 2.83. The summed E-state index contributed by atoms with van der Waals surface area (Å²) in [6, 6.07) is 2.09. The molecule has 1 nitrogen and oxygen atoms in total. The van der Waals surface area contributed by atoms with Gasteiger partial charge in [-0.05, 0) is 12.1 Å². The molecule has 0 saturated heterocycles. The number of carbonyl (C=O) groups excluding carboxylic acids is 1. The van der Waals surface area contributed by atoms with E-state index in [2.05, 4.69) is 0 Å². The van der Waals surface area contributed by atoms with Crippen molar-refractivity contribution in [1.29, 1.82) is 0 Å². The summed E-state index contributed by atoms with van der Waals surface area (Å²) in [6.07, 6.45) is 0.181. The Hall–Kier alpha value is -1.25. The first kappa shape index (κ1) is 9.31. The normalized spacial score (nSPS) is 18.4. The summed E-state index contributed by atoms with van der Waals surface area (Å²) < 4.78 is 26.7. The zero-order valence-electron chi connectivity index (χ0n) is 8.03. The largest absolute Gasteiger partial charge is 0.294 e. The van der Waals surface area contributed by atoms with Gasteiger partial charge in [-0.3, -0.25) is 4.79 Å². The second-order valence-electron chi connectivity index (χ2n) is 4.26. The molecule has 1 aromatic carbocycles. The Morgan fingerprint density at radius 3 is 2.36 bits per heavy atom. The topological polar surface area (TPSA) is 17.1 Å². The van der Waals surface area contributed by atoms with Gasteiger partial charge < -0.3 is 0 Å². The molecule has 3 heteroatoms. The summed E-state index contributed by atoms with van der Waals surface area (Å²) in [5.74, 6) is -1.41. The van der Waals surface area contributed by atoms with Crippen molar-refractivity contribution >= 4 is 5.78 Å². The first-order chi connectivity index (χ1) is 6.43. The third-order valence-corrected chi connectivity index (χ3v) is 2.66. The van der Waals surface area contributed by atoms with Crippen molar-refractivity contribution in [3.8, 4) is 0 Å². The standard InChI is InChI=1S/C11H10F2O/c1-11(2)5-8(14)9-6(12)3-4-7(13)10(9)11/h3-4H,5H2,1-2H3. The molecule has 2 rings (SSSR count). The van der Waals surface area contributed by atoms with Crippen LogP contribution in [0.5, 0.6) is 0 Å². The Bertz CT molecular complexity index is 422. The molecule has 0 bridgehead atoms. The van der Waals surface area contributed by atoms with Crippen LogP contribution in [0.25, 0.3) is 0 Å². The number of hydrogen-bond donors (Lipinski definition) is 0. The summed E-state index contributed by atoms with van der Waals surface area (Å²) in [5.41, 5.74) is -0.420. The van der Waals surface area contributed by atoms with Gasteiger partial charge in [-0.1, -0.05) is 13.8 Å².